The lowest BCUT2D eigenvalue weighted by Crippen LogP contribution is -2.31. The molecule has 3 N–H and O–H groups in total. The number of aromatic nitrogens is 5. The van der Waals surface area contributed by atoms with Crippen molar-refractivity contribution in [2.45, 2.75) is 33.2 Å². The van der Waals surface area contributed by atoms with Gasteiger partial charge in [-0.1, -0.05) is 17.4 Å². The number of hydrogen-bond acceptors (Lipinski definition) is 7. The lowest BCUT2D eigenvalue weighted by Gasteiger charge is -2.14. The molecule has 170 valence electrons. The SMILES string of the molecule is Cc1ccc2[nH]ncc2c1NC(=O)c1cnc(Nc2cn(CC(=O)N3CCCC3)nc2C)s1. The Morgan fingerprint density at radius 3 is 2.82 bits per heavy atom. The molecule has 11 heteroatoms. The van der Waals surface area contributed by atoms with Gasteiger partial charge in [-0.25, -0.2) is 4.98 Å². The third-order valence-corrected chi connectivity index (χ3v) is 6.66. The Labute approximate surface area is 194 Å². The lowest BCUT2D eigenvalue weighted by atomic mass is 10.1. The molecule has 3 aromatic heterocycles. The fourth-order valence-electron chi connectivity index (χ4n) is 3.95. The molecular formula is C22H24N8O2S. The Morgan fingerprint density at radius 2 is 2.00 bits per heavy atom. The average molecular weight is 465 g/mol. The Kier molecular flexibility index (Phi) is 5.55. The first-order valence-corrected chi connectivity index (χ1v) is 11.6. The maximum atomic E-state index is 12.9. The van der Waals surface area contributed by atoms with Gasteiger partial charge < -0.3 is 15.5 Å². The smallest absolute Gasteiger partial charge is 0.267 e. The van der Waals surface area contributed by atoms with Gasteiger partial charge in [0.25, 0.3) is 5.91 Å². The van der Waals surface area contributed by atoms with E-state index < -0.39 is 0 Å². The van der Waals surface area contributed by atoms with Gasteiger partial charge in [0.05, 0.1) is 35.0 Å². The zero-order valence-electron chi connectivity index (χ0n) is 18.4. The number of aryl methyl sites for hydroxylation is 2. The summed E-state index contributed by atoms with van der Waals surface area (Å²) in [6, 6.07) is 3.87. The normalized spacial score (nSPS) is 13.6. The molecule has 0 unspecified atom stereocenters. The molecule has 5 rings (SSSR count). The monoisotopic (exact) mass is 464 g/mol. The van der Waals surface area contributed by atoms with Crippen molar-refractivity contribution in [1.29, 1.82) is 0 Å². The molecule has 0 aliphatic carbocycles. The summed E-state index contributed by atoms with van der Waals surface area (Å²) in [6.45, 7) is 5.67. The molecule has 0 atom stereocenters. The zero-order chi connectivity index (χ0) is 22.9. The molecule has 4 aromatic rings. The number of fused-ring (bicyclic) bond motifs is 1. The first kappa shape index (κ1) is 21.1. The number of thiazole rings is 1. The van der Waals surface area contributed by atoms with Crippen LogP contribution in [0.3, 0.4) is 0 Å². The van der Waals surface area contributed by atoms with Gasteiger partial charge in [-0.15, -0.1) is 0 Å². The average Bonchev–Trinajstić information content (AvgIpc) is 3.58. The number of carbonyl (C=O) groups excluding carboxylic acids is 2. The number of nitrogens with zero attached hydrogens (tertiary/aromatic N) is 5. The molecule has 1 saturated heterocycles. The molecule has 1 aromatic carbocycles. The van der Waals surface area contributed by atoms with Crippen LogP contribution >= 0.6 is 11.3 Å². The van der Waals surface area contributed by atoms with Crippen molar-refractivity contribution in [1.82, 2.24) is 29.9 Å². The summed E-state index contributed by atoms with van der Waals surface area (Å²) in [4.78, 5) is 31.9. The van der Waals surface area contributed by atoms with E-state index >= 15 is 0 Å². The number of amides is 2. The van der Waals surface area contributed by atoms with Gasteiger partial charge in [0.15, 0.2) is 5.13 Å². The van der Waals surface area contributed by atoms with Crippen LogP contribution in [-0.2, 0) is 11.3 Å². The van der Waals surface area contributed by atoms with Crippen LogP contribution in [0.4, 0.5) is 16.5 Å². The van der Waals surface area contributed by atoms with Crippen LogP contribution < -0.4 is 10.6 Å². The van der Waals surface area contributed by atoms with Crippen molar-refractivity contribution in [2.24, 2.45) is 0 Å². The van der Waals surface area contributed by atoms with E-state index in [2.05, 4.69) is 30.9 Å². The minimum Gasteiger partial charge on any atom is -0.341 e. The largest absolute Gasteiger partial charge is 0.341 e. The van der Waals surface area contributed by atoms with Crippen LogP contribution in [0.1, 0.15) is 33.8 Å². The van der Waals surface area contributed by atoms with Gasteiger partial charge in [0.2, 0.25) is 5.91 Å². The highest BCUT2D eigenvalue weighted by Crippen LogP contribution is 2.28. The molecule has 1 aliphatic heterocycles. The van der Waals surface area contributed by atoms with E-state index in [0.29, 0.717) is 10.0 Å². The Hall–Kier alpha value is -3.73. The van der Waals surface area contributed by atoms with Gasteiger partial charge in [-0.2, -0.15) is 10.2 Å². The fraction of sp³-hybridized carbons (Fsp3) is 0.318. The molecule has 1 fully saturated rings. The number of carbonyl (C=O) groups is 2. The molecule has 0 spiro atoms. The molecule has 0 radical (unpaired) electrons. The van der Waals surface area contributed by atoms with E-state index in [1.165, 1.54) is 11.3 Å². The van der Waals surface area contributed by atoms with Crippen LogP contribution in [0.15, 0.2) is 30.7 Å². The molecule has 33 heavy (non-hydrogen) atoms. The first-order valence-electron chi connectivity index (χ1n) is 10.8. The third kappa shape index (κ3) is 4.31. The number of rotatable bonds is 6. The van der Waals surface area contributed by atoms with Gasteiger partial charge in [0, 0.05) is 24.7 Å². The molecule has 0 saturated carbocycles. The Bertz CT molecular complexity index is 1330. The molecule has 4 heterocycles. The summed E-state index contributed by atoms with van der Waals surface area (Å²) in [7, 11) is 0. The highest BCUT2D eigenvalue weighted by molar-refractivity contribution is 7.17. The maximum absolute atomic E-state index is 12.9. The van der Waals surface area contributed by atoms with Crippen LogP contribution in [0, 0.1) is 13.8 Å². The van der Waals surface area contributed by atoms with Crippen LogP contribution in [0.2, 0.25) is 0 Å². The third-order valence-electron chi connectivity index (χ3n) is 5.74. The number of hydrogen-bond donors (Lipinski definition) is 3. The van der Waals surface area contributed by atoms with Crippen molar-refractivity contribution in [2.75, 3.05) is 23.7 Å². The van der Waals surface area contributed by atoms with E-state index in [-0.39, 0.29) is 18.4 Å². The van der Waals surface area contributed by atoms with E-state index in [4.69, 9.17) is 0 Å². The summed E-state index contributed by atoms with van der Waals surface area (Å²) in [5.41, 5.74) is 4.05. The van der Waals surface area contributed by atoms with Crippen molar-refractivity contribution >= 4 is 50.6 Å². The summed E-state index contributed by atoms with van der Waals surface area (Å²) in [5, 5.41) is 19.0. The predicted octanol–water partition coefficient (Wildman–Crippen LogP) is 3.45. The van der Waals surface area contributed by atoms with Gasteiger partial charge in [0.1, 0.15) is 11.4 Å². The topological polar surface area (TPSA) is 121 Å². The summed E-state index contributed by atoms with van der Waals surface area (Å²) in [6.07, 6.45) is 7.17. The lowest BCUT2D eigenvalue weighted by molar-refractivity contribution is -0.130. The molecule has 0 bridgehead atoms. The zero-order valence-corrected chi connectivity index (χ0v) is 19.2. The second-order valence-electron chi connectivity index (χ2n) is 8.11. The molecule has 10 nitrogen and oxygen atoms in total. The summed E-state index contributed by atoms with van der Waals surface area (Å²) >= 11 is 1.25. The second kappa shape index (κ2) is 8.66. The Morgan fingerprint density at radius 1 is 1.18 bits per heavy atom. The molecule has 2 amide bonds. The summed E-state index contributed by atoms with van der Waals surface area (Å²) in [5.74, 6) is -0.154. The highest BCUT2D eigenvalue weighted by Gasteiger charge is 2.19. The number of H-pyrrole nitrogens is 1. The molecular weight excluding hydrogens is 440 g/mol. The van der Waals surface area contributed by atoms with Gasteiger partial charge >= 0.3 is 0 Å². The van der Waals surface area contributed by atoms with Crippen molar-refractivity contribution < 1.29 is 9.59 Å². The van der Waals surface area contributed by atoms with Crippen molar-refractivity contribution in [3.8, 4) is 0 Å². The fourth-order valence-corrected chi connectivity index (χ4v) is 4.67. The minimum atomic E-state index is -0.235. The quantitative estimate of drug-likeness (QED) is 0.402. The van der Waals surface area contributed by atoms with Crippen LogP contribution in [0.5, 0.6) is 0 Å². The summed E-state index contributed by atoms with van der Waals surface area (Å²) < 4.78 is 1.65. The van der Waals surface area contributed by atoms with E-state index in [1.54, 1.807) is 23.3 Å². The van der Waals surface area contributed by atoms with Crippen molar-refractivity contribution in [3.05, 3.63) is 46.9 Å². The van der Waals surface area contributed by atoms with Crippen LogP contribution in [-0.4, -0.2) is 54.8 Å². The number of anilines is 3. The van der Waals surface area contributed by atoms with Gasteiger partial charge in [-0.05, 0) is 38.3 Å². The second-order valence-corrected chi connectivity index (χ2v) is 9.14. The van der Waals surface area contributed by atoms with E-state index in [0.717, 1.165) is 59.5 Å². The Balaban J connectivity index is 1.27. The van der Waals surface area contributed by atoms with E-state index in [9.17, 15) is 9.59 Å². The number of benzene rings is 1. The maximum Gasteiger partial charge on any atom is 0.267 e. The van der Waals surface area contributed by atoms with Crippen LogP contribution in [0.25, 0.3) is 10.9 Å². The number of nitrogens with one attached hydrogen (secondary N) is 3. The molecule has 1 aliphatic rings. The first-order chi connectivity index (χ1) is 16.0. The standard InChI is InChI=1S/C22H24N8O2S/c1-13-5-6-16-15(9-24-27-16)20(13)26-21(32)18-10-23-22(33-18)25-17-11-30(28-14(17)2)12-19(31)29-7-3-4-8-29/h5-6,9-11H,3-4,7-8,12H2,1-2H3,(H,23,25)(H,24,27)(H,26,32). The minimum absolute atomic E-state index is 0.0812. The number of likely N-dealkylation sites (tertiary alicyclic amines) is 1. The van der Waals surface area contributed by atoms with Gasteiger partial charge in [-0.3, -0.25) is 19.4 Å². The highest BCUT2D eigenvalue weighted by atomic mass is 32.1. The van der Waals surface area contributed by atoms with E-state index in [1.807, 2.05) is 30.9 Å². The number of aromatic amines is 1. The van der Waals surface area contributed by atoms with Crippen molar-refractivity contribution in [3.63, 3.8) is 0 Å². The predicted molar refractivity (Wildman–Crippen MR) is 127 cm³/mol.